The largest absolute Gasteiger partial charge is 0.495 e. The van der Waals surface area contributed by atoms with Crippen molar-refractivity contribution in [3.63, 3.8) is 0 Å². The molecule has 5 nitrogen and oxygen atoms in total. The minimum absolute atomic E-state index is 0.333. The number of rotatable bonds is 11. The third-order valence-electron chi connectivity index (χ3n) is 4.47. The Bertz CT molecular complexity index is 749. The molecule has 0 bridgehead atoms. The summed E-state index contributed by atoms with van der Waals surface area (Å²) in [7, 11) is 1.66. The summed E-state index contributed by atoms with van der Waals surface area (Å²) in [5.74, 6) is 0.757. The van der Waals surface area contributed by atoms with Crippen LogP contribution in [0.5, 0.6) is 5.75 Å². The van der Waals surface area contributed by atoms with Crippen LogP contribution in [0.3, 0.4) is 0 Å². The fourth-order valence-corrected chi connectivity index (χ4v) is 3.28. The zero-order chi connectivity index (χ0) is 21.1. The minimum atomic E-state index is -0.333. The molecule has 0 aliphatic heterocycles. The third kappa shape index (κ3) is 7.65. The molecule has 0 saturated heterocycles. The van der Waals surface area contributed by atoms with Gasteiger partial charge in [-0.2, -0.15) is 0 Å². The van der Waals surface area contributed by atoms with E-state index in [1.807, 2.05) is 45.0 Å². The average Bonchev–Trinajstić information content (AvgIpc) is 2.72. The molecule has 0 fully saturated rings. The second kappa shape index (κ2) is 12.4. The zero-order valence-corrected chi connectivity index (χ0v) is 18.6. The van der Waals surface area contributed by atoms with Crippen molar-refractivity contribution in [3.8, 4) is 5.75 Å². The first kappa shape index (κ1) is 23.1. The predicted octanol–water partition coefficient (Wildman–Crippen LogP) is 4.64. The van der Waals surface area contributed by atoms with Crippen molar-refractivity contribution in [3.05, 3.63) is 59.7 Å². The standard InChI is InChI=1S/C23H32N2O3S/c1-5-27-22(28-6-2)17-25(15-14-19-10-8-7-9-11-19)23(29)24-20-16-18(3)12-13-21(20)26-4/h7-13,16,22H,5-6,14-15,17H2,1-4H3,(H,24,29). The lowest BCUT2D eigenvalue weighted by molar-refractivity contribution is -0.141. The normalized spacial score (nSPS) is 10.8. The average molecular weight is 417 g/mol. The van der Waals surface area contributed by atoms with Gasteiger partial charge >= 0.3 is 0 Å². The molecule has 0 aromatic heterocycles. The molecule has 0 atom stereocenters. The molecule has 2 aromatic carbocycles. The molecular weight excluding hydrogens is 384 g/mol. The molecule has 158 valence electrons. The van der Waals surface area contributed by atoms with Crippen LogP contribution in [0.25, 0.3) is 0 Å². The van der Waals surface area contributed by atoms with Gasteiger partial charge in [0.05, 0.1) is 19.3 Å². The van der Waals surface area contributed by atoms with E-state index in [2.05, 4.69) is 34.5 Å². The molecule has 0 aliphatic rings. The Balaban J connectivity index is 2.15. The molecular formula is C23H32N2O3S. The number of hydrogen-bond donors (Lipinski definition) is 1. The van der Waals surface area contributed by atoms with Crippen LogP contribution in [0.2, 0.25) is 0 Å². The molecule has 2 aromatic rings. The fraction of sp³-hybridized carbons (Fsp3) is 0.435. The molecule has 29 heavy (non-hydrogen) atoms. The lowest BCUT2D eigenvalue weighted by Crippen LogP contribution is -2.43. The monoisotopic (exact) mass is 416 g/mol. The van der Waals surface area contributed by atoms with Gasteiger partial charge in [-0.1, -0.05) is 36.4 Å². The van der Waals surface area contributed by atoms with Crippen molar-refractivity contribution in [1.82, 2.24) is 4.90 Å². The Morgan fingerprint density at radius 1 is 1.07 bits per heavy atom. The lowest BCUT2D eigenvalue weighted by atomic mass is 10.1. The summed E-state index contributed by atoms with van der Waals surface area (Å²) in [6.45, 7) is 8.45. The molecule has 0 amide bonds. The quantitative estimate of drug-likeness (QED) is 0.425. The van der Waals surface area contributed by atoms with Crippen molar-refractivity contribution in [2.45, 2.75) is 33.5 Å². The van der Waals surface area contributed by atoms with Crippen LogP contribution in [-0.4, -0.2) is 49.7 Å². The van der Waals surface area contributed by atoms with Gasteiger partial charge in [0.2, 0.25) is 0 Å². The Morgan fingerprint density at radius 3 is 2.38 bits per heavy atom. The van der Waals surface area contributed by atoms with Crippen LogP contribution >= 0.6 is 12.2 Å². The van der Waals surface area contributed by atoms with Gasteiger partial charge < -0.3 is 24.4 Å². The van der Waals surface area contributed by atoms with Gasteiger partial charge in [0.25, 0.3) is 0 Å². The number of ether oxygens (including phenoxy) is 3. The summed E-state index contributed by atoms with van der Waals surface area (Å²) in [6, 6.07) is 16.4. The number of thiocarbonyl (C=S) groups is 1. The molecule has 6 heteroatoms. The van der Waals surface area contributed by atoms with Gasteiger partial charge in [-0.15, -0.1) is 0 Å². The summed E-state index contributed by atoms with van der Waals surface area (Å²) in [4.78, 5) is 2.10. The number of nitrogens with one attached hydrogen (secondary N) is 1. The Hall–Kier alpha value is -2.15. The Labute approximate surface area is 180 Å². The first-order chi connectivity index (χ1) is 14.1. The Kier molecular flexibility index (Phi) is 9.91. The number of nitrogens with zero attached hydrogens (tertiary/aromatic N) is 1. The van der Waals surface area contributed by atoms with E-state index in [1.165, 1.54) is 5.56 Å². The molecule has 0 radical (unpaired) electrons. The summed E-state index contributed by atoms with van der Waals surface area (Å²) in [5.41, 5.74) is 3.25. The van der Waals surface area contributed by atoms with Crippen molar-refractivity contribution < 1.29 is 14.2 Å². The fourth-order valence-electron chi connectivity index (χ4n) is 3.00. The highest BCUT2D eigenvalue weighted by Gasteiger charge is 2.18. The van der Waals surface area contributed by atoms with Crippen molar-refractivity contribution >= 4 is 23.0 Å². The summed E-state index contributed by atoms with van der Waals surface area (Å²) < 4.78 is 17.0. The van der Waals surface area contributed by atoms with Crippen molar-refractivity contribution in [1.29, 1.82) is 0 Å². The molecule has 1 N–H and O–H groups in total. The van der Waals surface area contributed by atoms with Gasteiger partial charge in [0.1, 0.15) is 5.75 Å². The molecule has 0 aliphatic carbocycles. The highest BCUT2D eigenvalue weighted by atomic mass is 32.1. The summed E-state index contributed by atoms with van der Waals surface area (Å²) in [5, 5.41) is 3.97. The second-order valence-corrected chi connectivity index (χ2v) is 7.04. The van der Waals surface area contributed by atoms with E-state index < -0.39 is 0 Å². The predicted molar refractivity (Wildman–Crippen MR) is 123 cm³/mol. The topological polar surface area (TPSA) is 43.0 Å². The lowest BCUT2D eigenvalue weighted by Gasteiger charge is -2.30. The molecule has 0 heterocycles. The first-order valence-corrected chi connectivity index (χ1v) is 10.5. The molecule has 0 unspecified atom stereocenters. The van der Waals surface area contributed by atoms with E-state index in [0.717, 1.165) is 30.0 Å². The number of anilines is 1. The minimum Gasteiger partial charge on any atom is -0.495 e. The summed E-state index contributed by atoms with van der Waals surface area (Å²) >= 11 is 5.76. The van der Waals surface area contributed by atoms with E-state index in [-0.39, 0.29) is 6.29 Å². The van der Waals surface area contributed by atoms with E-state index in [1.54, 1.807) is 7.11 Å². The van der Waals surface area contributed by atoms with Gasteiger partial charge in [0, 0.05) is 19.8 Å². The van der Waals surface area contributed by atoms with Crippen LogP contribution in [0.15, 0.2) is 48.5 Å². The van der Waals surface area contributed by atoms with E-state index in [0.29, 0.717) is 24.9 Å². The van der Waals surface area contributed by atoms with Crippen LogP contribution < -0.4 is 10.1 Å². The molecule has 0 saturated carbocycles. The van der Waals surface area contributed by atoms with Crippen LogP contribution in [0, 0.1) is 6.92 Å². The van der Waals surface area contributed by atoms with Crippen LogP contribution in [0.1, 0.15) is 25.0 Å². The van der Waals surface area contributed by atoms with E-state index in [9.17, 15) is 0 Å². The summed E-state index contributed by atoms with van der Waals surface area (Å²) in [6.07, 6.45) is 0.540. The highest BCUT2D eigenvalue weighted by molar-refractivity contribution is 7.80. The smallest absolute Gasteiger partial charge is 0.174 e. The number of aryl methyl sites for hydroxylation is 1. The van der Waals surface area contributed by atoms with E-state index >= 15 is 0 Å². The maximum Gasteiger partial charge on any atom is 0.174 e. The highest BCUT2D eigenvalue weighted by Crippen LogP contribution is 2.25. The number of hydrogen-bond acceptors (Lipinski definition) is 4. The maximum absolute atomic E-state index is 5.76. The molecule has 2 rings (SSSR count). The SMILES string of the molecule is CCOC(CN(CCc1ccccc1)C(=S)Nc1cc(C)ccc1OC)OCC. The van der Waals surface area contributed by atoms with Gasteiger partial charge in [-0.25, -0.2) is 0 Å². The van der Waals surface area contributed by atoms with Gasteiger partial charge in [-0.05, 0) is 62.7 Å². The maximum atomic E-state index is 5.76. The third-order valence-corrected chi connectivity index (χ3v) is 4.83. The zero-order valence-electron chi connectivity index (χ0n) is 17.8. The number of methoxy groups -OCH3 is 1. The molecule has 0 spiro atoms. The van der Waals surface area contributed by atoms with Crippen molar-refractivity contribution in [2.75, 3.05) is 38.7 Å². The number of benzene rings is 2. The van der Waals surface area contributed by atoms with Crippen molar-refractivity contribution in [2.24, 2.45) is 0 Å². The van der Waals surface area contributed by atoms with Gasteiger partial charge in [-0.3, -0.25) is 0 Å². The first-order valence-electron chi connectivity index (χ1n) is 10.0. The second-order valence-electron chi connectivity index (χ2n) is 6.66. The van der Waals surface area contributed by atoms with E-state index in [4.69, 9.17) is 26.4 Å². The Morgan fingerprint density at radius 2 is 1.76 bits per heavy atom. The van der Waals surface area contributed by atoms with Crippen LogP contribution in [-0.2, 0) is 15.9 Å². The van der Waals surface area contributed by atoms with Crippen LogP contribution in [0.4, 0.5) is 5.69 Å². The van der Waals surface area contributed by atoms with Gasteiger partial charge in [0.15, 0.2) is 11.4 Å².